The first-order valence-electron chi connectivity index (χ1n) is 9.02. The molecule has 0 saturated carbocycles. The summed E-state index contributed by atoms with van der Waals surface area (Å²) in [7, 11) is 3.25. The summed E-state index contributed by atoms with van der Waals surface area (Å²) in [6.45, 7) is 5.86. The molecule has 1 aromatic carbocycles. The van der Waals surface area contributed by atoms with E-state index < -0.39 is 0 Å². The van der Waals surface area contributed by atoms with Gasteiger partial charge in [-0.25, -0.2) is 4.98 Å². The average Bonchev–Trinajstić information content (AvgIpc) is 2.67. The van der Waals surface area contributed by atoms with Gasteiger partial charge in [-0.15, -0.1) is 0 Å². The van der Waals surface area contributed by atoms with Crippen molar-refractivity contribution < 1.29 is 19.0 Å². The quantitative estimate of drug-likeness (QED) is 0.764. The molecule has 0 bridgehead atoms. The second-order valence-electron chi connectivity index (χ2n) is 6.56. The molecule has 1 aliphatic rings. The highest BCUT2D eigenvalue weighted by Crippen LogP contribution is 2.34. The van der Waals surface area contributed by atoms with Gasteiger partial charge in [-0.1, -0.05) is 0 Å². The van der Waals surface area contributed by atoms with Crippen LogP contribution in [0.3, 0.4) is 0 Å². The molecule has 1 fully saturated rings. The highest BCUT2D eigenvalue weighted by molar-refractivity contribution is 5.87. The standard InChI is InChI=1S/C20H26N2O4/c1-5-26-20(23)14-7-6-8-22(12-14)19-9-13(2)15-10-17(24-3)18(25-4)11-16(15)21-19/h9-11,14H,5-8,12H2,1-4H3/t14-/m0/s1. The smallest absolute Gasteiger partial charge is 0.310 e. The predicted molar refractivity (Wildman–Crippen MR) is 101 cm³/mol. The Balaban J connectivity index is 1.93. The van der Waals surface area contributed by atoms with Gasteiger partial charge in [0.15, 0.2) is 11.5 Å². The van der Waals surface area contributed by atoms with E-state index in [-0.39, 0.29) is 11.9 Å². The third-order valence-electron chi connectivity index (χ3n) is 4.87. The fourth-order valence-corrected chi connectivity index (χ4v) is 3.50. The molecular weight excluding hydrogens is 332 g/mol. The van der Waals surface area contributed by atoms with Crippen molar-refractivity contribution in [3.63, 3.8) is 0 Å². The summed E-state index contributed by atoms with van der Waals surface area (Å²) in [6.07, 6.45) is 1.82. The van der Waals surface area contributed by atoms with Crippen LogP contribution in [0, 0.1) is 12.8 Å². The van der Waals surface area contributed by atoms with Crippen LogP contribution in [0.1, 0.15) is 25.3 Å². The molecule has 140 valence electrons. The van der Waals surface area contributed by atoms with Crippen LogP contribution in [0.5, 0.6) is 11.5 Å². The average molecular weight is 358 g/mol. The van der Waals surface area contributed by atoms with Crippen LogP contribution < -0.4 is 14.4 Å². The number of ether oxygens (including phenoxy) is 3. The van der Waals surface area contributed by atoms with Crippen molar-refractivity contribution in [1.29, 1.82) is 0 Å². The summed E-state index contributed by atoms with van der Waals surface area (Å²) in [6, 6.07) is 5.93. The fraction of sp³-hybridized carbons (Fsp3) is 0.500. The van der Waals surface area contributed by atoms with Crippen molar-refractivity contribution in [3.8, 4) is 11.5 Å². The van der Waals surface area contributed by atoms with E-state index in [9.17, 15) is 4.79 Å². The second-order valence-corrected chi connectivity index (χ2v) is 6.56. The minimum absolute atomic E-state index is 0.0908. The van der Waals surface area contributed by atoms with Gasteiger partial charge in [0.25, 0.3) is 0 Å². The topological polar surface area (TPSA) is 60.9 Å². The van der Waals surface area contributed by atoms with Crippen LogP contribution in [-0.4, -0.2) is 44.9 Å². The van der Waals surface area contributed by atoms with E-state index in [4.69, 9.17) is 19.2 Å². The number of rotatable bonds is 5. The number of benzene rings is 1. The van der Waals surface area contributed by atoms with Gasteiger partial charge in [-0.2, -0.15) is 0 Å². The Morgan fingerprint density at radius 3 is 2.65 bits per heavy atom. The molecule has 26 heavy (non-hydrogen) atoms. The van der Waals surface area contributed by atoms with Gasteiger partial charge in [-0.05, 0) is 44.4 Å². The number of aryl methyl sites for hydroxylation is 1. The molecule has 6 nitrogen and oxygen atoms in total. The van der Waals surface area contributed by atoms with E-state index >= 15 is 0 Å². The Morgan fingerprint density at radius 1 is 1.23 bits per heavy atom. The van der Waals surface area contributed by atoms with Crippen LogP contribution in [0.2, 0.25) is 0 Å². The zero-order valence-corrected chi connectivity index (χ0v) is 15.9. The number of piperidine rings is 1. The molecule has 0 radical (unpaired) electrons. The molecular formula is C20H26N2O4. The maximum Gasteiger partial charge on any atom is 0.310 e. The Labute approximate surface area is 154 Å². The van der Waals surface area contributed by atoms with Gasteiger partial charge < -0.3 is 19.1 Å². The Bertz CT molecular complexity index is 806. The third-order valence-corrected chi connectivity index (χ3v) is 4.87. The first-order chi connectivity index (χ1) is 12.6. The number of hydrogen-bond donors (Lipinski definition) is 0. The number of esters is 1. The molecule has 0 amide bonds. The van der Waals surface area contributed by atoms with Crippen molar-refractivity contribution in [2.45, 2.75) is 26.7 Å². The molecule has 0 unspecified atom stereocenters. The van der Waals surface area contributed by atoms with Gasteiger partial charge in [0.05, 0.1) is 32.3 Å². The number of carbonyl (C=O) groups is 1. The molecule has 3 rings (SSSR count). The maximum absolute atomic E-state index is 12.1. The number of carbonyl (C=O) groups excluding carboxylic acids is 1. The Hall–Kier alpha value is -2.50. The number of hydrogen-bond acceptors (Lipinski definition) is 6. The zero-order valence-electron chi connectivity index (χ0n) is 15.9. The molecule has 1 saturated heterocycles. The first-order valence-corrected chi connectivity index (χ1v) is 9.02. The zero-order chi connectivity index (χ0) is 18.7. The van der Waals surface area contributed by atoms with Crippen molar-refractivity contribution in [2.75, 3.05) is 38.8 Å². The number of aromatic nitrogens is 1. The number of fused-ring (bicyclic) bond motifs is 1. The largest absolute Gasteiger partial charge is 0.493 e. The summed E-state index contributed by atoms with van der Waals surface area (Å²) in [5.74, 6) is 2.04. The SMILES string of the molecule is CCOC(=O)[C@H]1CCCN(c2cc(C)c3cc(OC)c(OC)cc3n2)C1. The Kier molecular flexibility index (Phi) is 5.49. The van der Waals surface area contributed by atoms with Gasteiger partial charge in [-0.3, -0.25) is 4.79 Å². The monoisotopic (exact) mass is 358 g/mol. The molecule has 1 atom stereocenters. The van der Waals surface area contributed by atoms with Gasteiger partial charge >= 0.3 is 5.97 Å². The molecule has 0 N–H and O–H groups in total. The van der Waals surface area contributed by atoms with Crippen molar-refractivity contribution in [2.24, 2.45) is 5.92 Å². The second kappa shape index (κ2) is 7.81. The normalized spacial score (nSPS) is 17.2. The van der Waals surface area contributed by atoms with E-state index in [1.165, 1.54) is 0 Å². The Morgan fingerprint density at radius 2 is 1.96 bits per heavy atom. The fourth-order valence-electron chi connectivity index (χ4n) is 3.50. The van der Waals surface area contributed by atoms with E-state index in [0.29, 0.717) is 24.7 Å². The lowest BCUT2D eigenvalue weighted by Crippen LogP contribution is -2.39. The van der Waals surface area contributed by atoms with Crippen LogP contribution in [0.25, 0.3) is 10.9 Å². The minimum atomic E-state index is -0.110. The molecule has 2 heterocycles. The van der Waals surface area contributed by atoms with E-state index in [1.54, 1.807) is 14.2 Å². The van der Waals surface area contributed by atoms with Gasteiger partial charge in [0, 0.05) is 24.5 Å². The summed E-state index contributed by atoms with van der Waals surface area (Å²) in [4.78, 5) is 19.1. The number of pyridine rings is 1. The van der Waals surface area contributed by atoms with E-state index in [1.807, 2.05) is 19.1 Å². The highest BCUT2D eigenvalue weighted by atomic mass is 16.5. The highest BCUT2D eigenvalue weighted by Gasteiger charge is 2.28. The first kappa shape index (κ1) is 18.3. The lowest BCUT2D eigenvalue weighted by atomic mass is 9.98. The van der Waals surface area contributed by atoms with Crippen molar-refractivity contribution >= 4 is 22.7 Å². The summed E-state index contributed by atoms with van der Waals surface area (Å²) >= 11 is 0. The van der Waals surface area contributed by atoms with Crippen LogP contribution in [0.4, 0.5) is 5.82 Å². The molecule has 2 aromatic rings. The molecule has 6 heteroatoms. The van der Waals surface area contributed by atoms with Gasteiger partial charge in [0.2, 0.25) is 0 Å². The minimum Gasteiger partial charge on any atom is -0.493 e. The summed E-state index contributed by atoms with van der Waals surface area (Å²) in [5, 5.41) is 1.03. The molecule has 0 aliphatic carbocycles. The lowest BCUT2D eigenvalue weighted by Gasteiger charge is -2.32. The van der Waals surface area contributed by atoms with Crippen LogP contribution in [-0.2, 0) is 9.53 Å². The van der Waals surface area contributed by atoms with Gasteiger partial charge in [0.1, 0.15) is 5.82 Å². The van der Waals surface area contributed by atoms with E-state index in [2.05, 4.69) is 17.9 Å². The number of nitrogens with zero attached hydrogens (tertiary/aromatic N) is 2. The van der Waals surface area contributed by atoms with Crippen molar-refractivity contribution in [3.05, 3.63) is 23.8 Å². The van der Waals surface area contributed by atoms with Crippen LogP contribution >= 0.6 is 0 Å². The maximum atomic E-state index is 12.1. The number of anilines is 1. The summed E-state index contributed by atoms with van der Waals surface area (Å²) < 4.78 is 16.0. The third kappa shape index (κ3) is 3.54. The molecule has 0 spiro atoms. The number of methoxy groups -OCH3 is 2. The van der Waals surface area contributed by atoms with E-state index in [0.717, 1.165) is 41.7 Å². The molecule has 1 aliphatic heterocycles. The summed E-state index contributed by atoms with van der Waals surface area (Å²) in [5.41, 5.74) is 1.97. The lowest BCUT2D eigenvalue weighted by molar-refractivity contribution is -0.148. The molecule has 1 aromatic heterocycles. The predicted octanol–water partition coefficient (Wildman–Crippen LogP) is 3.34. The van der Waals surface area contributed by atoms with Crippen molar-refractivity contribution in [1.82, 2.24) is 4.98 Å². The van der Waals surface area contributed by atoms with Crippen LogP contribution in [0.15, 0.2) is 18.2 Å².